The maximum absolute atomic E-state index is 10.4. The Bertz CT molecular complexity index is 245. The summed E-state index contributed by atoms with van der Waals surface area (Å²) in [6.07, 6.45) is 7.14. The lowest BCUT2D eigenvalue weighted by Crippen LogP contribution is -2.08. The van der Waals surface area contributed by atoms with Gasteiger partial charge >= 0.3 is 0 Å². The molecule has 0 aliphatic heterocycles. The summed E-state index contributed by atoms with van der Waals surface area (Å²) in [5, 5.41) is 0. The predicted molar refractivity (Wildman–Crippen MR) is 65.2 cm³/mol. The van der Waals surface area contributed by atoms with E-state index in [0.717, 1.165) is 38.5 Å². The molecule has 1 N–H and O–H groups in total. The Hall–Kier alpha value is -0.130. The van der Waals surface area contributed by atoms with E-state index in [-0.39, 0.29) is 5.75 Å². The van der Waals surface area contributed by atoms with Crippen LogP contribution >= 0.6 is 0 Å². The van der Waals surface area contributed by atoms with Crippen molar-refractivity contribution in [2.24, 2.45) is 0 Å². The molecule has 0 fully saturated rings. The van der Waals surface area contributed by atoms with Crippen molar-refractivity contribution in [3.05, 3.63) is 0 Å². The van der Waals surface area contributed by atoms with Gasteiger partial charge in [-0.2, -0.15) is 8.42 Å². The van der Waals surface area contributed by atoms with Crippen molar-refractivity contribution in [1.82, 2.24) is 0 Å². The molecule has 0 aliphatic rings. The fourth-order valence-electron chi connectivity index (χ4n) is 1.68. The topological polar surface area (TPSA) is 63.6 Å². The second kappa shape index (κ2) is 8.96. The first-order valence-electron chi connectivity index (χ1n) is 5.97. The number of methoxy groups -OCH3 is 1. The summed E-state index contributed by atoms with van der Waals surface area (Å²) >= 11 is 0. The highest BCUT2D eigenvalue weighted by molar-refractivity contribution is 7.85. The Morgan fingerprint density at radius 2 is 1.69 bits per heavy atom. The normalized spacial score (nSPS) is 13.9. The fourth-order valence-corrected chi connectivity index (χ4v) is 2.24. The molecule has 5 heteroatoms. The molecule has 0 saturated heterocycles. The van der Waals surface area contributed by atoms with E-state index in [4.69, 9.17) is 9.29 Å². The summed E-state index contributed by atoms with van der Waals surface area (Å²) in [7, 11) is -2.02. The third-order valence-corrected chi connectivity index (χ3v) is 3.52. The molecule has 0 heterocycles. The number of hydrogen-bond donors (Lipinski definition) is 1. The molecule has 0 rings (SSSR count). The van der Waals surface area contributed by atoms with Crippen molar-refractivity contribution < 1.29 is 17.7 Å². The molecule has 4 nitrogen and oxygen atoms in total. The number of ether oxygens (including phenoxy) is 1. The van der Waals surface area contributed by atoms with Gasteiger partial charge in [0.2, 0.25) is 0 Å². The highest BCUT2D eigenvalue weighted by Gasteiger charge is 2.04. The molecule has 0 spiro atoms. The van der Waals surface area contributed by atoms with Crippen LogP contribution in [0, 0.1) is 0 Å². The summed E-state index contributed by atoms with van der Waals surface area (Å²) in [5.41, 5.74) is 0. The number of rotatable bonds is 10. The van der Waals surface area contributed by atoms with Gasteiger partial charge in [-0.1, -0.05) is 32.6 Å². The molecule has 0 saturated carbocycles. The average molecular weight is 252 g/mol. The van der Waals surface area contributed by atoms with E-state index >= 15 is 0 Å². The predicted octanol–water partition coefficient (Wildman–Crippen LogP) is 2.64. The van der Waals surface area contributed by atoms with E-state index in [1.165, 1.54) is 0 Å². The first-order valence-corrected chi connectivity index (χ1v) is 7.58. The van der Waals surface area contributed by atoms with Crippen molar-refractivity contribution in [2.45, 2.75) is 58.0 Å². The average Bonchev–Trinajstić information content (AvgIpc) is 2.21. The molecule has 1 atom stereocenters. The van der Waals surface area contributed by atoms with E-state index in [1.807, 2.05) is 0 Å². The molecule has 0 bridgehead atoms. The van der Waals surface area contributed by atoms with Crippen LogP contribution in [0.25, 0.3) is 0 Å². The Kier molecular flexibility index (Phi) is 8.89. The maximum Gasteiger partial charge on any atom is 0.264 e. The monoisotopic (exact) mass is 252 g/mol. The van der Waals surface area contributed by atoms with Crippen LogP contribution in [0.1, 0.15) is 51.9 Å². The molecule has 0 aromatic heterocycles. The van der Waals surface area contributed by atoms with Gasteiger partial charge in [0.15, 0.2) is 0 Å². The molecule has 1 unspecified atom stereocenters. The largest absolute Gasteiger partial charge is 0.381 e. The summed E-state index contributed by atoms with van der Waals surface area (Å²) in [6, 6.07) is 0. The molecule has 0 radical (unpaired) electrons. The van der Waals surface area contributed by atoms with Gasteiger partial charge in [-0.05, 0) is 19.3 Å². The molecule has 0 aliphatic carbocycles. The Balaban J connectivity index is 3.28. The Labute approximate surface area is 99.1 Å². The molecule has 16 heavy (non-hydrogen) atoms. The highest BCUT2D eigenvalue weighted by Crippen LogP contribution is 2.11. The first kappa shape index (κ1) is 15.9. The third kappa shape index (κ3) is 10.4. The van der Waals surface area contributed by atoms with Crippen LogP contribution in [0.4, 0.5) is 0 Å². The lowest BCUT2D eigenvalue weighted by atomic mass is 10.1. The number of hydrogen-bond acceptors (Lipinski definition) is 3. The maximum atomic E-state index is 10.4. The van der Waals surface area contributed by atoms with E-state index in [2.05, 4.69) is 6.92 Å². The van der Waals surface area contributed by atoms with Crippen LogP contribution in [-0.4, -0.2) is 31.9 Å². The van der Waals surface area contributed by atoms with Crippen LogP contribution in [-0.2, 0) is 14.9 Å². The molecule has 98 valence electrons. The standard InChI is InChI=1S/C11H24O4S/c1-3-11(15-2)9-7-5-4-6-8-10-16(12,13)14/h11H,3-10H2,1-2H3,(H,12,13,14). The lowest BCUT2D eigenvalue weighted by molar-refractivity contribution is 0.0897. The minimum atomic E-state index is -3.76. The zero-order valence-corrected chi connectivity index (χ0v) is 11.1. The molecule has 0 amide bonds. The zero-order valence-electron chi connectivity index (χ0n) is 10.3. The summed E-state index contributed by atoms with van der Waals surface area (Å²) in [4.78, 5) is 0. The zero-order chi connectivity index (χ0) is 12.4. The van der Waals surface area contributed by atoms with E-state index in [0.29, 0.717) is 12.5 Å². The van der Waals surface area contributed by atoms with E-state index < -0.39 is 10.1 Å². The lowest BCUT2D eigenvalue weighted by Gasteiger charge is -2.11. The van der Waals surface area contributed by atoms with Crippen LogP contribution in [0.5, 0.6) is 0 Å². The SMILES string of the molecule is CCC(CCCCCCCS(=O)(=O)O)OC. The minimum Gasteiger partial charge on any atom is -0.381 e. The first-order chi connectivity index (χ1) is 7.49. The molecular weight excluding hydrogens is 228 g/mol. The van der Waals surface area contributed by atoms with Gasteiger partial charge in [-0.25, -0.2) is 0 Å². The molecule has 0 aromatic rings. The molecule has 0 aromatic carbocycles. The van der Waals surface area contributed by atoms with Gasteiger partial charge in [0.05, 0.1) is 11.9 Å². The third-order valence-electron chi connectivity index (χ3n) is 2.72. The highest BCUT2D eigenvalue weighted by atomic mass is 32.2. The smallest absolute Gasteiger partial charge is 0.264 e. The summed E-state index contributed by atoms with van der Waals surface area (Å²) in [6.45, 7) is 2.11. The van der Waals surface area contributed by atoms with E-state index in [1.54, 1.807) is 7.11 Å². The van der Waals surface area contributed by atoms with Crippen LogP contribution < -0.4 is 0 Å². The van der Waals surface area contributed by atoms with Gasteiger partial charge in [0.1, 0.15) is 0 Å². The van der Waals surface area contributed by atoms with Gasteiger partial charge in [0.25, 0.3) is 10.1 Å². The van der Waals surface area contributed by atoms with Crippen LogP contribution in [0.2, 0.25) is 0 Å². The summed E-state index contributed by atoms with van der Waals surface area (Å²) < 4.78 is 34.6. The minimum absolute atomic E-state index is 0.108. The van der Waals surface area contributed by atoms with Crippen molar-refractivity contribution in [3.8, 4) is 0 Å². The fraction of sp³-hybridized carbons (Fsp3) is 1.00. The second-order valence-electron chi connectivity index (χ2n) is 4.11. The van der Waals surface area contributed by atoms with Crippen molar-refractivity contribution in [2.75, 3.05) is 12.9 Å². The number of unbranched alkanes of at least 4 members (excludes halogenated alkanes) is 4. The second-order valence-corrected chi connectivity index (χ2v) is 5.68. The van der Waals surface area contributed by atoms with Crippen LogP contribution in [0.15, 0.2) is 0 Å². The van der Waals surface area contributed by atoms with Crippen molar-refractivity contribution in [3.63, 3.8) is 0 Å². The van der Waals surface area contributed by atoms with Gasteiger partial charge in [0, 0.05) is 7.11 Å². The van der Waals surface area contributed by atoms with E-state index in [9.17, 15) is 8.42 Å². The van der Waals surface area contributed by atoms with Gasteiger partial charge in [-0.15, -0.1) is 0 Å². The van der Waals surface area contributed by atoms with Crippen LogP contribution in [0.3, 0.4) is 0 Å². The van der Waals surface area contributed by atoms with Gasteiger partial charge in [-0.3, -0.25) is 4.55 Å². The Morgan fingerprint density at radius 3 is 2.19 bits per heavy atom. The van der Waals surface area contributed by atoms with Crippen molar-refractivity contribution in [1.29, 1.82) is 0 Å². The molecular formula is C11H24O4S. The quantitative estimate of drug-likeness (QED) is 0.479. The van der Waals surface area contributed by atoms with Crippen molar-refractivity contribution >= 4 is 10.1 Å². The summed E-state index contributed by atoms with van der Waals surface area (Å²) in [5.74, 6) is -0.108. The Morgan fingerprint density at radius 1 is 1.12 bits per heavy atom. The van der Waals surface area contributed by atoms with Gasteiger partial charge < -0.3 is 4.74 Å².